The Labute approximate surface area is 201 Å². The molecule has 5 rings (SSSR count). The average Bonchev–Trinajstić information content (AvgIpc) is 3.53. The van der Waals surface area contributed by atoms with Crippen LogP contribution in [-0.2, 0) is 11.3 Å². The van der Waals surface area contributed by atoms with Crippen LogP contribution >= 0.6 is 0 Å². The summed E-state index contributed by atoms with van der Waals surface area (Å²) in [6.45, 7) is 3.25. The van der Waals surface area contributed by atoms with Gasteiger partial charge in [-0.15, -0.1) is 0 Å². The van der Waals surface area contributed by atoms with Crippen molar-refractivity contribution in [2.24, 2.45) is 0 Å². The summed E-state index contributed by atoms with van der Waals surface area (Å²) in [5.74, 6) is 0.0363. The Kier molecular flexibility index (Phi) is 6.91. The van der Waals surface area contributed by atoms with Gasteiger partial charge in [-0.25, -0.2) is 0 Å². The molecule has 2 atom stereocenters. The van der Waals surface area contributed by atoms with Crippen molar-refractivity contribution in [3.63, 3.8) is 0 Å². The summed E-state index contributed by atoms with van der Waals surface area (Å²) >= 11 is 0. The zero-order valence-electron chi connectivity index (χ0n) is 19.7. The number of nitrogens with one attached hydrogen (secondary N) is 1. The van der Waals surface area contributed by atoms with Crippen molar-refractivity contribution in [1.82, 2.24) is 15.1 Å². The predicted octanol–water partition coefficient (Wildman–Crippen LogP) is 4.62. The predicted molar refractivity (Wildman–Crippen MR) is 136 cm³/mol. The minimum absolute atomic E-state index is 0.124. The molecule has 0 aliphatic carbocycles. The summed E-state index contributed by atoms with van der Waals surface area (Å²) in [7, 11) is 0. The van der Waals surface area contributed by atoms with Crippen molar-refractivity contribution >= 4 is 22.6 Å². The third kappa shape index (κ3) is 5.00. The first-order valence-corrected chi connectivity index (χ1v) is 12.5. The lowest BCUT2D eigenvalue weighted by atomic mass is 10.0. The van der Waals surface area contributed by atoms with E-state index in [-0.39, 0.29) is 17.9 Å². The third-order valence-electron chi connectivity index (χ3n) is 7.34. The van der Waals surface area contributed by atoms with Crippen molar-refractivity contribution in [2.75, 3.05) is 19.6 Å². The van der Waals surface area contributed by atoms with Crippen LogP contribution in [0.25, 0.3) is 10.8 Å². The molecular weight excluding hydrogens is 422 g/mol. The number of fused-ring (bicyclic) bond motifs is 1. The molecule has 2 saturated heterocycles. The van der Waals surface area contributed by atoms with Gasteiger partial charge in [0, 0.05) is 43.7 Å². The number of likely N-dealkylation sites (tertiary alicyclic amines) is 2. The van der Waals surface area contributed by atoms with Crippen LogP contribution in [0.5, 0.6) is 0 Å². The van der Waals surface area contributed by atoms with Crippen LogP contribution in [0.15, 0.2) is 72.8 Å². The fourth-order valence-corrected chi connectivity index (χ4v) is 5.66. The lowest BCUT2D eigenvalue weighted by molar-refractivity contribution is -0.132. The second kappa shape index (κ2) is 10.4. The zero-order valence-corrected chi connectivity index (χ0v) is 19.7. The topological polar surface area (TPSA) is 52.7 Å². The first-order valence-electron chi connectivity index (χ1n) is 12.5. The van der Waals surface area contributed by atoms with E-state index in [9.17, 15) is 9.59 Å². The quantitative estimate of drug-likeness (QED) is 0.566. The Morgan fingerprint density at radius 3 is 2.41 bits per heavy atom. The van der Waals surface area contributed by atoms with E-state index >= 15 is 0 Å². The fraction of sp³-hybridized carbons (Fsp3) is 0.379. The van der Waals surface area contributed by atoms with Crippen LogP contribution in [0.4, 0.5) is 0 Å². The Morgan fingerprint density at radius 1 is 0.824 bits per heavy atom. The van der Waals surface area contributed by atoms with Gasteiger partial charge in [0.15, 0.2) is 0 Å². The summed E-state index contributed by atoms with van der Waals surface area (Å²) in [5, 5.41) is 5.10. The Morgan fingerprint density at radius 2 is 1.56 bits per heavy atom. The van der Waals surface area contributed by atoms with Gasteiger partial charge in [-0.3, -0.25) is 14.5 Å². The van der Waals surface area contributed by atoms with Crippen molar-refractivity contribution < 1.29 is 9.59 Å². The molecule has 5 nitrogen and oxygen atoms in total. The molecular formula is C29H33N3O2. The highest BCUT2D eigenvalue weighted by molar-refractivity contribution is 5.98. The zero-order chi connectivity index (χ0) is 23.3. The summed E-state index contributed by atoms with van der Waals surface area (Å²) in [6.07, 6.45) is 4.83. The highest BCUT2D eigenvalue weighted by atomic mass is 16.2. The number of hydrogen-bond donors (Lipinski definition) is 1. The van der Waals surface area contributed by atoms with Crippen molar-refractivity contribution in [3.05, 3.63) is 83.9 Å². The number of carbonyl (C=O) groups excluding carboxylic acids is 2. The number of amides is 2. The van der Waals surface area contributed by atoms with E-state index in [0.29, 0.717) is 24.6 Å². The van der Waals surface area contributed by atoms with Crippen molar-refractivity contribution in [3.8, 4) is 0 Å². The van der Waals surface area contributed by atoms with Crippen LogP contribution in [0.1, 0.15) is 48.0 Å². The van der Waals surface area contributed by atoms with Crippen LogP contribution in [0, 0.1) is 0 Å². The molecule has 1 N–H and O–H groups in total. The molecule has 2 aliphatic rings. The van der Waals surface area contributed by atoms with Gasteiger partial charge in [-0.05, 0) is 60.7 Å². The summed E-state index contributed by atoms with van der Waals surface area (Å²) in [6, 6.07) is 25.1. The highest BCUT2D eigenvalue weighted by Gasteiger charge is 2.39. The van der Waals surface area contributed by atoms with E-state index in [4.69, 9.17) is 0 Å². The monoisotopic (exact) mass is 455 g/mol. The molecule has 0 aromatic heterocycles. The molecule has 2 amide bonds. The van der Waals surface area contributed by atoms with E-state index in [1.54, 1.807) is 0 Å². The Hall–Kier alpha value is -3.18. The standard InChI is InChI=1S/C29H33N3O2/c33-28(16-17-30-29(34)25-15-14-23-10-4-5-11-24(23)20-25)32-19-7-13-27(32)26-12-6-18-31(26)21-22-8-2-1-3-9-22/h1-5,8-11,14-15,20,26-27H,6-7,12-13,16-19,21H2,(H,30,34)/t26-,27-/m1/s1. The average molecular weight is 456 g/mol. The van der Waals surface area contributed by atoms with Gasteiger partial charge >= 0.3 is 0 Å². The third-order valence-corrected chi connectivity index (χ3v) is 7.34. The molecule has 0 saturated carbocycles. The van der Waals surface area contributed by atoms with E-state index in [1.807, 2.05) is 42.5 Å². The lowest BCUT2D eigenvalue weighted by Crippen LogP contribution is -2.48. The Bertz CT molecular complexity index is 1150. The second-order valence-corrected chi connectivity index (χ2v) is 9.53. The van der Waals surface area contributed by atoms with E-state index < -0.39 is 0 Å². The first kappa shape index (κ1) is 22.6. The molecule has 34 heavy (non-hydrogen) atoms. The second-order valence-electron chi connectivity index (χ2n) is 9.53. The molecule has 2 heterocycles. The van der Waals surface area contributed by atoms with Crippen molar-refractivity contribution in [1.29, 1.82) is 0 Å². The Balaban J connectivity index is 1.16. The van der Waals surface area contributed by atoms with Crippen LogP contribution in [0.2, 0.25) is 0 Å². The minimum Gasteiger partial charge on any atom is -0.352 e. The van der Waals surface area contributed by atoms with Crippen LogP contribution in [0.3, 0.4) is 0 Å². The first-order chi connectivity index (χ1) is 16.7. The number of benzene rings is 3. The fourth-order valence-electron chi connectivity index (χ4n) is 5.66. The van der Waals surface area contributed by atoms with Gasteiger partial charge in [0.05, 0.1) is 0 Å². The molecule has 0 unspecified atom stereocenters. The molecule has 0 spiro atoms. The molecule has 5 heteroatoms. The largest absolute Gasteiger partial charge is 0.352 e. The maximum absolute atomic E-state index is 13.1. The number of nitrogens with zero attached hydrogens (tertiary/aromatic N) is 2. The maximum Gasteiger partial charge on any atom is 0.251 e. The van der Waals surface area contributed by atoms with Gasteiger partial charge < -0.3 is 10.2 Å². The number of hydrogen-bond acceptors (Lipinski definition) is 3. The number of rotatable bonds is 7. The van der Waals surface area contributed by atoms with Gasteiger partial charge in [-0.2, -0.15) is 0 Å². The molecule has 0 bridgehead atoms. The van der Waals surface area contributed by atoms with E-state index in [0.717, 1.165) is 49.7 Å². The van der Waals surface area contributed by atoms with E-state index in [2.05, 4.69) is 45.4 Å². The lowest BCUT2D eigenvalue weighted by Gasteiger charge is -2.35. The minimum atomic E-state index is -0.124. The van der Waals surface area contributed by atoms with Gasteiger partial charge in [0.2, 0.25) is 5.91 Å². The summed E-state index contributed by atoms with van der Waals surface area (Å²) in [4.78, 5) is 30.4. The van der Waals surface area contributed by atoms with E-state index in [1.165, 1.54) is 12.0 Å². The molecule has 3 aromatic carbocycles. The smallest absolute Gasteiger partial charge is 0.251 e. The maximum atomic E-state index is 13.1. The molecule has 0 radical (unpaired) electrons. The van der Waals surface area contributed by atoms with Gasteiger partial charge in [-0.1, -0.05) is 60.7 Å². The molecule has 2 fully saturated rings. The summed E-state index contributed by atoms with van der Waals surface area (Å²) < 4.78 is 0. The number of carbonyl (C=O) groups is 2. The molecule has 2 aliphatic heterocycles. The van der Waals surface area contributed by atoms with Gasteiger partial charge in [0.1, 0.15) is 0 Å². The summed E-state index contributed by atoms with van der Waals surface area (Å²) in [5.41, 5.74) is 1.97. The van der Waals surface area contributed by atoms with Crippen LogP contribution in [-0.4, -0.2) is 53.3 Å². The van der Waals surface area contributed by atoms with Crippen molar-refractivity contribution in [2.45, 2.75) is 50.7 Å². The SMILES string of the molecule is O=C(NCCC(=O)N1CCC[C@@H]1[C@H]1CCCN1Cc1ccccc1)c1ccc2ccccc2c1. The van der Waals surface area contributed by atoms with Gasteiger partial charge in [0.25, 0.3) is 5.91 Å². The molecule has 176 valence electrons. The van der Waals surface area contributed by atoms with Crippen LogP contribution < -0.4 is 5.32 Å². The molecule has 3 aromatic rings. The normalized spacial score (nSPS) is 20.6. The highest BCUT2D eigenvalue weighted by Crippen LogP contribution is 2.31.